The van der Waals surface area contributed by atoms with Crippen LogP contribution in [0.15, 0.2) is 42.5 Å². The molecule has 0 saturated heterocycles. The first-order valence-electron chi connectivity index (χ1n) is 8.60. The van der Waals surface area contributed by atoms with Crippen molar-refractivity contribution in [2.24, 2.45) is 0 Å². The number of hydrogen-bond donors (Lipinski definition) is 1. The average molecular weight is 373 g/mol. The molecule has 0 heterocycles. The fraction of sp³-hybridized carbons (Fsp3) is 0.316. The summed E-state index contributed by atoms with van der Waals surface area (Å²) in [7, 11) is 1.63. The molecule has 2 aromatic carbocycles. The minimum Gasteiger partial charge on any atom is -0.490 e. The molecule has 2 rings (SSSR count). The number of anilines is 2. The molecule has 0 radical (unpaired) electrons. The number of likely N-dealkylation sites (N-methyl/N-ethyl adjacent to an activating group) is 1. The highest BCUT2D eigenvalue weighted by Crippen LogP contribution is 2.31. The molecule has 0 atom stereocenters. The number of amides is 1. The van der Waals surface area contributed by atoms with Crippen molar-refractivity contribution in [1.29, 1.82) is 0 Å². The van der Waals surface area contributed by atoms with E-state index in [0.717, 1.165) is 0 Å². The van der Waals surface area contributed by atoms with Crippen LogP contribution in [0.1, 0.15) is 13.8 Å². The first-order chi connectivity index (χ1) is 13.0. The topological polar surface area (TPSA) is 93.9 Å². The smallest absolute Gasteiger partial charge is 0.292 e. The molecular formula is C19H23N3O5. The molecule has 1 amide bonds. The van der Waals surface area contributed by atoms with Crippen molar-refractivity contribution in [1.82, 2.24) is 0 Å². The van der Waals surface area contributed by atoms with Gasteiger partial charge in [-0.1, -0.05) is 12.1 Å². The SMILES string of the molecule is CCOc1ccc(NC(=O)CN(C)c2ccccc2[N+](=O)[O-])cc1OCC. The molecule has 0 aliphatic heterocycles. The standard InChI is InChI=1S/C19H23N3O5/c1-4-26-17-11-10-14(12-18(17)27-5-2)20-19(23)13-21(3)15-8-6-7-9-16(15)22(24)25/h6-12H,4-5,13H2,1-3H3,(H,20,23). The Labute approximate surface area is 157 Å². The second kappa shape index (κ2) is 9.42. The number of ether oxygens (including phenoxy) is 2. The minimum atomic E-state index is -0.468. The highest BCUT2D eigenvalue weighted by atomic mass is 16.6. The summed E-state index contributed by atoms with van der Waals surface area (Å²) in [6.07, 6.45) is 0. The molecule has 2 aromatic rings. The Morgan fingerprint density at radius 1 is 1.11 bits per heavy atom. The van der Waals surface area contributed by atoms with Crippen molar-refractivity contribution in [3.8, 4) is 11.5 Å². The normalized spacial score (nSPS) is 10.2. The Balaban J connectivity index is 2.09. The maximum atomic E-state index is 12.4. The van der Waals surface area contributed by atoms with E-state index in [-0.39, 0.29) is 18.1 Å². The first kappa shape index (κ1) is 20.0. The number of nitrogens with one attached hydrogen (secondary N) is 1. The van der Waals surface area contributed by atoms with Crippen LogP contribution in [0.25, 0.3) is 0 Å². The van der Waals surface area contributed by atoms with Crippen LogP contribution in [0.5, 0.6) is 11.5 Å². The summed E-state index contributed by atoms with van der Waals surface area (Å²) in [6, 6.07) is 11.4. The van der Waals surface area contributed by atoms with Gasteiger partial charge in [-0.25, -0.2) is 0 Å². The van der Waals surface area contributed by atoms with Gasteiger partial charge < -0.3 is 19.7 Å². The number of nitrogens with zero attached hydrogens (tertiary/aromatic N) is 2. The molecule has 0 fully saturated rings. The molecule has 8 heteroatoms. The number of hydrogen-bond acceptors (Lipinski definition) is 6. The van der Waals surface area contributed by atoms with Crippen molar-refractivity contribution >= 4 is 23.0 Å². The summed E-state index contributed by atoms with van der Waals surface area (Å²) < 4.78 is 11.0. The van der Waals surface area contributed by atoms with Crippen molar-refractivity contribution in [2.75, 3.05) is 37.0 Å². The Morgan fingerprint density at radius 3 is 2.44 bits per heavy atom. The van der Waals surface area contributed by atoms with E-state index < -0.39 is 4.92 Å². The van der Waals surface area contributed by atoms with Gasteiger partial charge in [0.1, 0.15) is 5.69 Å². The first-order valence-corrected chi connectivity index (χ1v) is 8.60. The third-order valence-electron chi connectivity index (χ3n) is 3.70. The zero-order chi connectivity index (χ0) is 19.8. The highest BCUT2D eigenvalue weighted by molar-refractivity contribution is 5.94. The Hall–Kier alpha value is -3.29. The van der Waals surface area contributed by atoms with Crippen molar-refractivity contribution in [3.05, 3.63) is 52.6 Å². The van der Waals surface area contributed by atoms with E-state index in [2.05, 4.69) is 5.32 Å². The van der Waals surface area contributed by atoms with Crippen molar-refractivity contribution in [3.63, 3.8) is 0 Å². The molecule has 0 aliphatic rings. The summed E-state index contributed by atoms with van der Waals surface area (Å²) >= 11 is 0. The van der Waals surface area contributed by atoms with Gasteiger partial charge in [-0.15, -0.1) is 0 Å². The van der Waals surface area contributed by atoms with Gasteiger partial charge in [-0.3, -0.25) is 14.9 Å². The van der Waals surface area contributed by atoms with Gasteiger partial charge in [0.25, 0.3) is 5.69 Å². The molecule has 0 saturated carbocycles. The van der Waals surface area contributed by atoms with Gasteiger partial charge in [0.05, 0.1) is 24.7 Å². The highest BCUT2D eigenvalue weighted by Gasteiger charge is 2.18. The molecule has 0 aliphatic carbocycles. The van der Waals surface area contributed by atoms with Crippen LogP contribution in [0, 0.1) is 10.1 Å². The Kier molecular flexibility index (Phi) is 6.99. The number of rotatable bonds is 9. The Morgan fingerprint density at radius 2 is 1.78 bits per heavy atom. The second-order valence-electron chi connectivity index (χ2n) is 5.68. The van der Waals surface area contributed by atoms with Crippen molar-refractivity contribution < 1.29 is 19.2 Å². The molecule has 144 valence electrons. The number of benzene rings is 2. The van der Waals surface area contributed by atoms with Crippen molar-refractivity contribution in [2.45, 2.75) is 13.8 Å². The monoisotopic (exact) mass is 373 g/mol. The maximum Gasteiger partial charge on any atom is 0.292 e. The number of carbonyl (C=O) groups excluding carboxylic acids is 1. The molecule has 1 N–H and O–H groups in total. The summed E-state index contributed by atoms with van der Waals surface area (Å²) in [5, 5.41) is 13.9. The third-order valence-corrected chi connectivity index (χ3v) is 3.70. The largest absolute Gasteiger partial charge is 0.490 e. The van der Waals surface area contributed by atoms with Crippen LogP contribution >= 0.6 is 0 Å². The average Bonchev–Trinajstić information content (AvgIpc) is 2.64. The maximum absolute atomic E-state index is 12.4. The van der Waals surface area contributed by atoms with Crippen LogP contribution in [0.4, 0.5) is 17.1 Å². The van der Waals surface area contributed by atoms with Gasteiger partial charge in [0.15, 0.2) is 11.5 Å². The van der Waals surface area contributed by atoms with Crippen LogP contribution in [-0.2, 0) is 4.79 Å². The molecule has 27 heavy (non-hydrogen) atoms. The Bertz CT molecular complexity index is 810. The lowest BCUT2D eigenvalue weighted by atomic mass is 10.2. The van der Waals surface area contributed by atoms with E-state index in [9.17, 15) is 14.9 Å². The number of nitro groups is 1. The summed E-state index contributed by atoms with van der Waals surface area (Å²) in [4.78, 5) is 24.6. The summed E-state index contributed by atoms with van der Waals surface area (Å²) in [6.45, 7) is 4.68. The summed E-state index contributed by atoms with van der Waals surface area (Å²) in [5.41, 5.74) is 0.884. The quantitative estimate of drug-likeness (QED) is 0.534. The lowest BCUT2D eigenvalue weighted by Gasteiger charge is -2.19. The zero-order valence-electron chi connectivity index (χ0n) is 15.6. The summed E-state index contributed by atoms with van der Waals surface area (Å²) in [5.74, 6) is 0.848. The van der Waals surface area contributed by atoms with Crippen LogP contribution in [-0.4, -0.2) is 37.6 Å². The molecule has 0 aromatic heterocycles. The number of carbonyl (C=O) groups is 1. The van der Waals surface area contributed by atoms with Gasteiger partial charge >= 0.3 is 0 Å². The van der Waals surface area contributed by atoms with E-state index in [1.54, 1.807) is 43.4 Å². The van der Waals surface area contributed by atoms with E-state index in [4.69, 9.17) is 9.47 Å². The molecular weight excluding hydrogens is 350 g/mol. The molecule has 0 unspecified atom stereocenters. The minimum absolute atomic E-state index is 0.0396. The van der Waals surface area contributed by atoms with Crippen LogP contribution in [0.3, 0.4) is 0 Å². The van der Waals surface area contributed by atoms with E-state index >= 15 is 0 Å². The fourth-order valence-electron chi connectivity index (χ4n) is 2.57. The molecule has 0 spiro atoms. The number of nitro benzene ring substituents is 1. The molecule has 8 nitrogen and oxygen atoms in total. The lowest BCUT2D eigenvalue weighted by molar-refractivity contribution is -0.384. The van der Waals surface area contributed by atoms with E-state index in [1.807, 2.05) is 13.8 Å². The predicted octanol–water partition coefficient (Wildman–Crippen LogP) is 3.47. The van der Waals surface area contributed by atoms with E-state index in [1.165, 1.54) is 11.0 Å². The third kappa shape index (κ3) is 5.34. The van der Waals surface area contributed by atoms with Crippen LogP contribution < -0.4 is 19.7 Å². The fourth-order valence-corrected chi connectivity index (χ4v) is 2.57. The van der Waals surface area contributed by atoms with Gasteiger partial charge in [-0.2, -0.15) is 0 Å². The van der Waals surface area contributed by atoms with Gasteiger partial charge in [0, 0.05) is 24.9 Å². The van der Waals surface area contributed by atoms with Gasteiger partial charge in [0.2, 0.25) is 5.91 Å². The van der Waals surface area contributed by atoms with Crippen LogP contribution in [0.2, 0.25) is 0 Å². The van der Waals surface area contributed by atoms with E-state index in [0.29, 0.717) is 36.1 Å². The predicted molar refractivity (Wildman–Crippen MR) is 104 cm³/mol. The number of para-hydroxylation sites is 2. The molecule has 0 bridgehead atoms. The lowest BCUT2D eigenvalue weighted by Crippen LogP contribution is -2.30. The second-order valence-corrected chi connectivity index (χ2v) is 5.68. The zero-order valence-corrected chi connectivity index (χ0v) is 15.6. The van der Waals surface area contributed by atoms with Gasteiger partial charge in [-0.05, 0) is 32.0 Å².